The summed E-state index contributed by atoms with van der Waals surface area (Å²) in [5.74, 6) is 0. The van der Waals surface area contributed by atoms with Crippen LogP contribution in [0.2, 0.25) is 0 Å². The lowest BCUT2D eigenvalue weighted by Crippen LogP contribution is -2.21. The Labute approximate surface area is 138 Å². The van der Waals surface area contributed by atoms with Gasteiger partial charge in [0.05, 0.1) is 21.2 Å². The van der Waals surface area contributed by atoms with Crippen LogP contribution in [-0.2, 0) is 0 Å². The lowest BCUT2D eigenvalue weighted by Gasteiger charge is -2.09. The molecule has 0 bridgehead atoms. The van der Waals surface area contributed by atoms with E-state index in [1.807, 2.05) is 6.07 Å². The molecule has 4 rings (SSSR count). The molecule has 0 atom stereocenters. The zero-order chi connectivity index (χ0) is 17.7. The fourth-order valence-electron chi connectivity index (χ4n) is 3.00. The van der Waals surface area contributed by atoms with Gasteiger partial charge in [-0.05, 0) is 18.2 Å². The highest BCUT2D eigenvalue weighted by Gasteiger charge is 2.18. The van der Waals surface area contributed by atoms with E-state index >= 15 is 0 Å². The monoisotopic (exact) mass is 332 g/mol. The van der Waals surface area contributed by atoms with Gasteiger partial charge in [0.25, 0.3) is 16.8 Å². The lowest BCUT2D eigenvalue weighted by molar-refractivity contribution is -0.384. The van der Waals surface area contributed by atoms with Gasteiger partial charge >= 0.3 is 0 Å². The third-order valence-electron chi connectivity index (χ3n) is 4.11. The molecule has 0 saturated carbocycles. The summed E-state index contributed by atoms with van der Waals surface area (Å²) in [6, 6.07) is 12.2. The molecule has 2 aromatic carbocycles. The van der Waals surface area contributed by atoms with E-state index in [4.69, 9.17) is 0 Å². The van der Waals surface area contributed by atoms with E-state index < -0.39 is 16.0 Å². The Morgan fingerprint density at radius 3 is 2.56 bits per heavy atom. The standard InChI is InChI=1S/C17H8N4O4/c18-8-13-10-6-5-9(21(24)25)7-12(10)17(23)20-14-4-2-1-3-11(14)16(22)19-15(13)20/h1-7H,(H,19,22). The summed E-state index contributed by atoms with van der Waals surface area (Å²) in [5.41, 5.74) is -0.740. The van der Waals surface area contributed by atoms with Crippen LogP contribution in [0.5, 0.6) is 0 Å². The number of para-hydroxylation sites is 1. The van der Waals surface area contributed by atoms with Crippen LogP contribution in [0.25, 0.3) is 27.3 Å². The largest absolute Gasteiger partial charge is 0.306 e. The number of benzene rings is 2. The summed E-state index contributed by atoms with van der Waals surface area (Å²) in [7, 11) is 0. The maximum Gasteiger partial charge on any atom is 0.270 e. The minimum Gasteiger partial charge on any atom is -0.306 e. The number of nitro groups is 1. The van der Waals surface area contributed by atoms with Crippen LogP contribution in [0, 0.1) is 21.4 Å². The van der Waals surface area contributed by atoms with E-state index in [2.05, 4.69) is 4.98 Å². The fourth-order valence-corrected chi connectivity index (χ4v) is 3.00. The minimum atomic E-state index is -0.606. The molecule has 25 heavy (non-hydrogen) atoms. The van der Waals surface area contributed by atoms with Crippen LogP contribution in [0.3, 0.4) is 0 Å². The molecule has 0 amide bonds. The summed E-state index contributed by atoms with van der Waals surface area (Å²) in [4.78, 5) is 38.2. The Morgan fingerprint density at radius 2 is 1.84 bits per heavy atom. The first-order valence-electron chi connectivity index (χ1n) is 7.21. The van der Waals surface area contributed by atoms with Gasteiger partial charge in [-0.25, -0.2) is 0 Å². The first-order chi connectivity index (χ1) is 12.0. The third kappa shape index (κ3) is 1.93. The summed E-state index contributed by atoms with van der Waals surface area (Å²) >= 11 is 0. The van der Waals surface area contributed by atoms with Gasteiger partial charge in [0.2, 0.25) is 0 Å². The van der Waals surface area contributed by atoms with Crippen LogP contribution < -0.4 is 11.1 Å². The number of fused-ring (bicyclic) bond motifs is 4. The Bertz CT molecular complexity index is 1380. The molecular formula is C17H8N4O4. The molecule has 0 fully saturated rings. The maximum atomic E-state index is 13.0. The molecule has 1 N–H and O–H groups in total. The van der Waals surface area contributed by atoms with Crippen molar-refractivity contribution in [1.82, 2.24) is 9.38 Å². The summed E-state index contributed by atoms with van der Waals surface area (Å²) < 4.78 is 1.21. The number of non-ortho nitro benzene ring substituents is 1. The number of H-pyrrole nitrogens is 1. The van der Waals surface area contributed by atoms with Crippen LogP contribution in [0.1, 0.15) is 5.56 Å². The van der Waals surface area contributed by atoms with E-state index in [-0.39, 0.29) is 33.1 Å². The second kappa shape index (κ2) is 5.01. The molecule has 0 aliphatic rings. The van der Waals surface area contributed by atoms with Gasteiger partial charge in [-0.1, -0.05) is 12.1 Å². The van der Waals surface area contributed by atoms with E-state index in [9.17, 15) is 25.0 Å². The zero-order valence-corrected chi connectivity index (χ0v) is 12.5. The summed E-state index contributed by atoms with van der Waals surface area (Å²) in [6.07, 6.45) is 0. The molecule has 0 unspecified atom stereocenters. The number of nitriles is 1. The lowest BCUT2D eigenvalue weighted by atomic mass is 10.1. The number of nitro benzene ring substituents is 1. The number of hydrogen-bond donors (Lipinski definition) is 1. The highest BCUT2D eigenvalue weighted by atomic mass is 16.6. The molecule has 8 nitrogen and oxygen atoms in total. The van der Waals surface area contributed by atoms with Crippen LogP contribution in [0.15, 0.2) is 52.1 Å². The number of rotatable bonds is 1. The van der Waals surface area contributed by atoms with Crippen LogP contribution in [-0.4, -0.2) is 14.3 Å². The average Bonchev–Trinajstić information content (AvgIpc) is 2.62. The average molecular weight is 332 g/mol. The smallest absolute Gasteiger partial charge is 0.270 e. The molecule has 0 radical (unpaired) electrons. The molecule has 8 heteroatoms. The van der Waals surface area contributed by atoms with Crippen molar-refractivity contribution in [2.75, 3.05) is 0 Å². The molecule has 4 aromatic rings. The van der Waals surface area contributed by atoms with Gasteiger partial charge in [0.15, 0.2) is 0 Å². The molecule has 120 valence electrons. The Kier molecular flexibility index (Phi) is 2.92. The number of nitrogens with zero attached hydrogens (tertiary/aromatic N) is 3. The Hall–Kier alpha value is -3.99. The number of hydrogen-bond acceptors (Lipinski definition) is 5. The first kappa shape index (κ1) is 14.6. The quantitative estimate of drug-likeness (QED) is 0.247. The third-order valence-corrected chi connectivity index (χ3v) is 4.11. The fraction of sp³-hybridized carbons (Fsp3) is 0. The minimum absolute atomic E-state index is 0.0421. The van der Waals surface area contributed by atoms with Crippen molar-refractivity contribution in [2.24, 2.45) is 0 Å². The summed E-state index contributed by atoms with van der Waals surface area (Å²) in [6.45, 7) is 0. The van der Waals surface area contributed by atoms with Crippen molar-refractivity contribution in [3.8, 4) is 6.07 Å². The topological polar surface area (TPSA) is 121 Å². The number of pyridine rings is 1. The maximum absolute atomic E-state index is 13.0. The number of aromatic amines is 1. The Morgan fingerprint density at radius 1 is 1.08 bits per heavy atom. The molecule has 0 aliphatic heterocycles. The highest BCUT2D eigenvalue weighted by molar-refractivity contribution is 5.95. The highest BCUT2D eigenvalue weighted by Crippen LogP contribution is 2.24. The molecule has 0 spiro atoms. The molecule has 2 aromatic heterocycles. The number of aromatic nitrogens is 2. The second-order valence-electron chi connectivity index (χ2n) is 5.43. The van der Waals surface area contributed by atoms with Gasteiger partial charge in [0, 0.05) is 17.5 Å². The van der Waals surface area contributed by atoms with Gasteiger partial charge in [-0.15, -0.1) is 0 Å². The van der Waals surface area contributed by atoms with Crippen molar-refractivity contribution in [2.45, 2.75) is 0 Å². The molecular weight excluding hydrogens is 324 g/mol. The van der Waals surface area contributed by atoms with Crippen molar-refractivity contribution in [3.05, 3.63) is 78.8 Å². The number of nitrogens with one attached hydrogen (secondary N) is 1. The van der Waals surface area contributed by atoms with Gasteiger partial charge in [-0.2, -0.15) is 5.26 Å². The summed E-state index contributed by atoms with van der Waals surface area (Å²) in [5, 5.41) is 21.1. The SMILES string of the molecule is N#Cc1c2ccc([N+](=O)[O-])cc2c(=O)n2c1[nH]c(=O)c1ccccc12. The normalized spacial score (nSPS) is 11.0. The van der Waals surface area contributed by atoms with Crippen LogP contribution in [0.4, 0.5) is 5.69 Å². The van der Waals surface area contributed by atoms with Crippen LogP contribution >= 0.6 is 0 Å². The van der Waals surface area contributed by atoms with E-state index in [1.54, 1.807) is 24.3 Å². The second-order valence-corrected chi connectivity index (χ2v) is 5.43. The van der Waals surface area contributed by atoms with Crippen molar-refractivity contribution in [1.29, 1.82) is 5.26 Å². The molecule has 0 saturated heterocycles. The predicted molar refractivity (Wildman–Crippen MR) is 90.7 cm³/mol. The molecule has 2 heterocycles. The van der Waals surface area contributed by atoms with Crippen molar-refractivity contribution < 1.29 is 4.92 Å². The van der Waals surface area contributed by atoms with Crippen molar-refractivity contribution in [3.63, 3.8) is 0 Å². The molecule has 0 aliphatic carbocycles. The van der Waals surface area contributed by atoms with E-state index in [0.717, 1.165) is 6.07 Å². The van der Waals surface area contributed by atoms with E-state index in [0.29, 0.717) is 5.52 Å². The van der Waals surface area contributed by atoms with E-state index in [1.165, 1.54) is 16.5 Å². The predicted octanol–water partition coefficient (Wildman–Crippen LogP) is 2.07. The zero-order valence-electron chi connectivity index (χ0n) is 12.5. The van der Waals surface area contributed by atoms with Gasteiger partial charge in [-0.3, -0.25) is 24.1 Å². The first-order valence-corrected chi connectivity index (χ1v) is 7.21. The van der Waals surface area contributed by atoms with Crippen molar-refractivity contribution >= 4 is 33.0 Å². The van der Waals surface area contributed by atoms with Gasteiger partial charge in [0.1, 0.15) is 17.3 Å². The Balaban J connectivity index is 2.39. The van der Waals surface area contributed by atoms with Gasteiger partial charge < -0.3 is 4.98 Å².